The Kier molecular flexibility index (Phi) is 2.86. The summed E-state index contributed by atoms with van der Waals surface area (Å²) >= 11 is 4.90. The molecule has 0 amide bonds. The maximum absolute atomic E-state index is 10.6. The molecule has 4 nitrogen and oxygen atoms in total. The van der Waals surface area contributed by atoms with E-state index in [4.69, 9.17) is 17.0 Å². The largest absolute Gasteiger partial charge is 0.442 e. The summed E-state index contributed by atoms with van der Waals surface area (Å²) in [5.74, 6) is -0.288. The molecule has 1 aliphatic heterocycles. The Hall–Kier alpha value is -0.840. The number of rotatable bonds is 1. The molecule has 0 aromatic heterocycles. The lowest BCUT2D eigenvalue weighted by Gasteiger charge is -2.30. The molecule has 1 fully saturated rings. The Morgan fingerprint density at radius 1 is 1.67 bits per heavy atom. The van der Waals surface area contributed by atoms with Gasteiger partial charge >= 0.3 is 5.97 Å². The predicted molar refractivity (Wildman–Crippen MR) is 48.5 cm³/mol. The highest BCUT2D eigenvalue weighted by atomic mass is 32.1. The van der Waals surface area contributed by atoms with Crippen molar-refractivity contribution >= 4 is 23.3 Å². The van der Waals surface area contributed by atoms with Crippen LogP contribution >= 0.6 is 12.2 Å². The fourth-order valence-electron chi connectivity index (χ4n) is 1.13. The van der Waals surface area contributed by atoms with Crippen LogP contribution in [0.3, 0.4) is 0 Å². The van der Waals surface area contributed by atoms with Gasteiger partial charge in [0.2, 0.25) is 0 Å². The molecule has 1 saturated heterocycles. The van der Waals surface area contributed by atoms with Gasteiger partial charge in [-0.3, -0.25) is 4.79 Å². The second-order valence-electron chi connectivity index (χ2n) is 2.85. The summed E-state index contributed by atoms with van der Waals surface area (Å²) in [4.78, 5) is 10.6. The zero-order valence-electron chi connectivity index (χ0n) is 7.09. The van der Waals surface area contributed by atoms with Crippen molar-refractivity contribution in [2.45, 2.75) is 32.5 Å². The van der Waals surface area contributed by atoms with Crippen LogP contribution in [-0.2, 0) is 9.53 Å². The molecule has 1 heterocycles. The smallest absolute Gasteiger partial charge is 0.304 e. The third-order valence-electron chi connectivity index (χ3n) is 1.55. The minimum Gasteiger partial charge on any atom is -0.442 e. The summed E-state index contributed by atoms with van der Waals surface area (Å²) in [6, 6.07) is 0.253. The Morgan fingerprint density at radius 2 is 2.33 bits per heavy atom. The normalized spacial score (nSPS) is 28.7. The van der Waals surface area contributed by atoms with Crippen LogP contribution in [-0.4, -0.2) is 23.4 Å². The Bertz CT molecular complexity index is 206. The Balaban J connectivity index is 2.44. The lowest BCUT2D eigenvalue weighted by molar-refractivity contribution is -0.147. The number of carbonyl (C=O) groups is 1. The van der Waals surface area contributed by atoms with Gasteiger partial charge in [-0.2, -0.15) is 0 Å². The first kappa shape index (κ1) is 9.25. The molecule has 1 rings (SSSR count). The van der Waals surface area contributed by atoms with Gasteiger partial charge in [-0.1, -0.05) is 0 Å². The molecule has 0 aromatic carbocycles. The number of nitrogens with one attached hydrogen (secondary N) is 2. The fourth-order valence-corrected chi connectivity index (χ4v) is 1.46. The lowest BCUT2D eigenvalue weighted by Crippen LogP contribution is -2.54. The summed E-state index contributed by atoms with van der Waals surface area (Å²) in [5, 5.41) is 6.41. The van der Waals surface area contributed by atoms with Crippen LogP contribution in [0.1, 0.15) is 20.3 Å². The van der Waals surface area contributed by atoms with Crippen LogP contribution in [0.5, 0.6) is 0 Å². The van der Waals surface area contributed by atoms with Crippen LogP contribution in [0.15, 0.2) is 0 Å². The predicted octanol–water partition coefficient (Wildman–Crippen LogP) is 0.132. The molecular formula is C7H12N2O2S. The third kappa shape index (κ3) is 2.65. The van der Waals surface area contributed by atoms with Crippen molar-refractivity contribution in [1.29, 1.82) is 0 Å². The number of ether oxygens (including phenoxy) is 1. The van der Waals surface area contributed by atoms with E-state index in [-0.39, 0.29) is 18.2 Å². The molecule has 0 saturated carbocycles. The maximum Gasteiger partial charge on any atom is 0.304 e. The van der Waals surface area contributed by atoms with Crippen LogP contribution in [0.2, 0.25) is 0 Å². The minimum absolute atomic E-state index is 0.253. The Labute approximate surface area is 76.7 Å². The van der Waals surface area contributed by atoms with E-state index in [0.29, 0.717) is 5.11 Å². The van der Waals surface area contributed by atoms with Crippen molar-refractivity contribution in [1.82, 2.24) is 10.6 Å². The van der Waals surface area contributed by atoms with E-state index < -0.39 is 0 Å². The van der Waals surface area contributed by atoms with Gasteiger partial charge in [-0.25, -0.2) is 0 Å². The topological polar surface area (TPSA) is 50.4 Å². The fraction of sp³-hybridized carbons (Fsp3) is 0.714. The molecule has 2 N–H and O–H groups in total. The molecule has 5 heteroatoms. The Morgan fingerprint density at radius 3 is 2.83 bits per heavy atom. The van der Waals surface area contributed by atoms with Gasteiger partial charge in [0.25, 0.3) is 0 Å². The highest BCUT2D eigenvalue weighted by Gasteiger charge is 2.22. The monoisotopic (exact) mass is 188 g/mol. The molecule has 0 aliphatic carbocycles. The van der Waals surface area contributed by atoms with Crippen molar-refractivity contribution in [2.75, 3.05) is 0 Å². The first-order chi connectivity index (χ1) is 5.58. The van der Waals surface area contributed by atoms with Crippen LogP contribution in [0.4, 0.5) is 0 Å². The highest BCUT2D eigenvalue weighted by molar-refractivity contribution is 7.80. The first-order valence-corrected chi connectivity index (χ1v) is 4.23. The van der Waals surface area contributed by atoms with E-state index in [1.807, 2.05) is 6.92 Å². The second-order valence-corrected chi connectivity index (χ2v) is 3.26. The van der Waals surface area contributed by atoms with Gasteiger partial charge in [-0.05, 0) is 19.1 Å². The summed E-state index contributed by atoms with van der Waals surface area (Å²) in [7, 11) is 0. The zero-order chi connectivity index (χ0) is 9.14. The van der Waals surface area contributed by atoms with Crippen LogP contribution < -0.4 is 10.6 Å². The van der Waals surface area contributed by atoms with Gasteiger partial charge in [0, 0.05) is 19.4 Å². The molecular weight excluding hydrogens is 176 g/mol. The molecule has 2 unspecified atom stereocenters. The summed E-state index contributed by atoms with van der Waals surface area (Å²) in [5.41, 5.74) is 0. The van der Waals surface area contributed by atoms with Crippen molar-refractivity contribution in [2.24, 2.45) is 0 Å². The minimum atomic E-state index is -0.288. The lowest BCUT2D eigenvalue weighted by atomic mass is 10.2. The summed E-state index contributed by atoms with van der Waals surface area (Å²) < 4.78 is 4.95. The van der Waals surface area contributed by atoms with Gasteiger partial charge in [-0.15, -0.1) is 0 Å². The van der Waals surface area contributed by atoms with Crippen molar-refractivity contribution in [3.8, 4) is 0 Å². The van der Waals surface area contributed by atoms with E-state index in [2.05, 4.69) is 10.6 Å². The first-order valence-electron chi connectivity index (χ1n) is 3.82. The van der Waals surface area contributed by atoms with Crippen molar-refractivity contribution in [3.05, 3.63) is 0 Å². The van der Waals surface area contributed by atoms with Crippen molar-refractivity contribution in [3.63, 3.8) is 0 Å². The number of carbonyl (C=O) groups excluding carboxylic acids is 1. The number of esters is 1. The van der Waals surface area contributed by atoms with E-state index in [1.54, 1.807) is 0 Å². The van der Waals surface area contributed by atoms with E-state index in [9.17, 15) is 4.79 Å². The second kappa shape index (κ2) is 3.71. The molecule has 68 valence electrons. The highest BCUT2D eigenvalue weighted by Crippen LogP contribution is 2.05. The summed E-state index contributed by atoms with van der Waals surface area (Å²) in [6.07, 6.45) is 0.464. The SMILES string of the molecule is CC(=O)OC1CC(C)NC(=S)N1. The average Bonchev–Trinajstić information content (AvgIpc) is 1.81. The third-order valence-corrected chi connectivity index (χ3v) is 1.78. The summed E-state index contributed by atoms with van der Waals surface area (Å²) in [6.45, 7) is 3.38. The average molecular weight is 188 g/mol. The molecule has 12 heavy (non-hydrogen) atoms. The quantitative estimate of drug-likeness (QED) is 0.452. The standard InChI is InChI=1S/C7H12N2O2S/c1-4-3-6(11-5(2)10)9-7(12)8-4/h4,6H,3H2,1-2H3,(H2,8,9,12). The molecule has 0 bridgehead atoms. The molecule has 2 atom stereocenters. The molecule has 0 radical (unpaired) electrons. The number of hydrogen-bond acceptors (Lipinski definition) is 3. The number of thiocarbonyl (C=S) groups is 1. The van der Waals surface area contributed by atoms with Gasteiger partial charge < -0.3 is 15.4 Å². The maximum atomic E-state index is 10.6. The number of hydrogen-bond donors (Lipinski definition) is 2. The van der Waals surface area contributed by atoms with E-state index in [0.717, 1.165) is 6.42 Å². The van der Waals surface area contributed by atoms with E-state index in [1.165, 1.54) is 6.92 Å². The zero-order valence-corrected chi connectivity index (χ0v) is 7.90. The van der Waals surface area contributed by atoms with Gasteiger partial charge in [0.1, 0.15) is 0 Å². The van der Waals surface area contributed by atoms with E-state index >= 15 is 0 Å². The van der Waals surface area contributed by atoms with Gasteiger partial charge in [0.05, 0.1) is 0 Å². The van der Waals surface area contributed by atoms with Crippen molar-refractivity contribution < 1.29 is 9.53 Å². The van der Waals surface area contributed by atoms with Gasteiger partial charge in [0.15, 0.2) is 11.3 Å². The molecule has 0 spiro atoms. The molecule has 1 aliphatic rings. The van der Waals surface area contributed by atoms with Crippen LogP contribution in [0.25, 0.3) is 0 Å². The van der Waals surface area contributed by atoms with Crippen LogP contribution in [0, 0.1) is 0 Å². The molecule has 0 aromatic rings.